The molecular weight excluding hydrogens is 444 g/mol. The Labute approximate surface area is 196 Å². The predicted octanol–water partition coefficient (Wildman–Crippen LogP) is 2.07. The Balaban J connectivity index is 1.95. The number of carbonyl (C=O) groups is 3. The molecule has 1 aromatic heterocycles. The number of rotatable bonds is 7. The molecule has 0 aliphatic heterocycles. The Morgan fingerprint density at radius 3 is 2.39 bits per heavy atom. The van der Waals surface area contributed by atoms with E-state index in [1.807, 2.05) is 12.1 Å². The van der Waals surface area contributed by atoms with Crippen molar-refractivity contribution in [2.75, 3.05) is 12.3 Å². The number of anilines is 1. The number of hydrogen-bond donors (Lipinski definition) is 4. The lowest BCUT2D eigenvalue weighted by molar-refractivity contribution is -0.128. The van der Waals surface area contributed by atoms with Crippen LogP contribution in [0.4, 0.5) is 5.69 Å². The van der Waals surface area contributed by atoms with Crippen molar-refractivity contribution in [3.05, 3.63) is 58.7 Å². The third-order valence-corrected chi connectivity index (χ3v) is 5.39. The van der Waals surface area contributed by atoms with Crippen molar-refractivity contribution in [2.24, 2.45) is 11.1 Å². The Morgan fingerprint density at radius 1 is 1.12 bits per heavy atom. The van der Waals surface area contributed by atoms with E-state index < -0.39 is 29.2 Å². The van der Waals surface area contributed by atoms with Crippen LogP contribution in [0.5, 0.6) is 0 Å². The standard InChI is InChI=1S/C23H27ClN6O3/c1-23(2,3)20(22(33)27-11-17(26)31)28-21(32)18-15-5-4-6-16(24)19(15)30(29-18)12-13-7-9-14(25)10-8-13/h4-10,20H,11-12,25H2,1-3H3,(H2,26,31)(H,27,33)(H,28,32). The first-order valence-electron chi connectivity index (χ1n) is 10.3. The Bertz CT molecular complexity index is 1200. The summed E-state index contributed by atoms with van der Waals surface area (Å²) in [5, 5.41) is 10.7. The number of carbonyl (C=O) groups excluding carboxylic acids is 3. The molecule has 174 valence electrons. The van der Waals surface area contributed by atoms with Gasteiger partial charge in [0, 0.05) is 11.1 Å². The normalized spacial score (nSPS) is 12.4. The third-order valence-electron chi connectivity index (χ3n) is 5.09. The summed E-state index contributed by atoms with van der Waals surface area (Å²) in [6.07, 6.45) is 0. The fourth-order valence-corrected chi connectivity index (χ4v) is 3.69. The molecule has 1 heterocycles. The summed E-state index contributed by atoms with van der Waals surface area (Å²) >= 11 is 6.45. The average molecular weight is 471 g/mol. The first-order valence-corrected chi connectivity index (χ1v) is 10.7. The highest BCUT2D eigenvalue weighted by Gasteiger charge is 2.34. The van der Waals surface area contributed by atoms with Crippen LogP contribution in [0.3, 0.4) is 0 Å². The summed E-state index contributed by atoms with van der Waals surface area (Å²) in [6, 6.07) is 11.6. The lowest BCUT2D eigenvalue weighted by Gasteiger charge is -2.30. The highest BCUT2D eigenvalue weighted by atomic mass is 35.5. The largest absolute Gasteiger partial charge is 0.399 e. The molecule has 0 saturated carbocycles. The molecule has 9 nitrogen and oxygen atoms in total. The molecule has 0 saturated heterocycles. The molecule has 1 unspecified atom stereocenters. The number of halogens is 1. The van der Waals surface area contributed by atoms with Gasteiger partial charge >= 0.3 is 0 Å². The van der Waals surface area contributed by atoms with Gasteiger partial charge in [0.15, 0.2) is 5.69 Å². The maximum Gasteiger partial charge on any atom is 0.273 e. The number of nitrogens with one attached hydrogen (secondary N) is 2. The van der Waals surface area contributed by atoms with E-state index in [-0.39, 0.29) is 12.2 Å². The van der Waals surface area contributed by atoms with Gasteiger partial charge < -0.3 is 22.1 Å². The van der Waals surface area contributed by atoms with Gasteiger partial charge in [0.1, 0.15) is 6.04 Å². The number of aromatic nitrogens is 2. The van der Waals surface area contributed by atoms with Gasteiger partial charge in [0.25, 0.3) is 5.91 Å². The molecule has 0 aliphatic rings. The lowest BCUT2D eigenvalue weighted by atomic mass is 9.86. The molecular formula is C23H27ClN6O3. The summed E-state index contributed by atoms with van der Waals surface area (Å²) in [5.41, 5.74) is 12.6. The van der Waals surface area contributed by atoms with Gasteiger partial charge in [-0.15, -0.1) is 0 Å². The van der Waals surface area contributed by atoms with Crippen molar-refractivity contribution >= 4 is 45.9 Å². The van der Waals surface area contributed by atoms with Gasteiger partial charge in [-0.25, -0.2) is 0 Å². The van der Waals surface area contributed by atoms with Crippen molar-refractivity contribution in [1.82, 2.24) is 20.4 Å². The third kappa shape index (κ3) is 5.61. The van der Waals surface area contributed by atoms with Gasteiger partial charge in [-0.1, -0.05) is 56.6 Å². The van der Waals surface area contributed by atoms with E-state index in [0.29, 0.717) is 28.2 Å². The molecule has 0 fully saturated rings. The number of amides is 3. The van der Waals surface area contributed by atoms with E-state index in [1.54, 1.807) is 55.8 Å². The molecule has 1 atom stereocenters. The van der Waals surface area contributed by atoms with E-state index in [9.17, 15) is 14.4 Å². The lowest BCUT2D eigenvalue weighted by Crippen LogP contribution is -2.54. The zero-order valence-corrected chi connectivity index (χ0v) is 19.4. The number of primary amides is 1. The highest BCUT2D eigenvalue weighted by molar-refractivity contribution is 6.35. The fourth-order valence-electron chi connectivity index (χ4n) is 3.42. The number of benzene rings is 2. The van der Waals surface area contributed by atoms with Crippen molar-refractivity contribution in [3.63, 3.8) is 0 Å². The average Bonchev–Trinajstić information content (AvgIpc) is 3.10. The number of nitrogen functional groups attached to an aromatic ring is 1. The minimum Gasteiger partial charge on any atom is -0.399 e. The smallest absolute Gasteiger partial charge is 0.273 e. The van der Waals surface area contributed by atoms with Gasteiger partial charge in [0.2, 0.25) is 11.8 Å². The Morgan fingerprint density at radius 2 is 1.79 bits per heavy atom. The summed E-state index contributed by atoms with van der Waals surface area (Å²) in [5.74, 6) is -1.73. The Hall–Kier alpha value is -3.59. The SMILES string of the molecule is CC(C)(C)C(NC(=O)c1nn(Cc2ccc(N)cc2)c2c(Cl)cccc12)C(=O)NCC(N)=O. The zero-order valence-electron chi connectivity index (χ0n) is 18.7. The monoisotopic (exact) mass is 470 g/mol. The van der Waals surface area contributed by atoms with E-state index in [4.69, 9.17) is 23.1 Å². The number of para-hydroxylation sites is 1. The molecule has 2 aromatic carbocycles. The van der Waals surface area contributed by atoms with Crippen LogP contribution < -0.4 is 22.1 Å². The highest BCUT2D eigenvalue weighted by Crippen LogP contribution is 2.28. The summed E-state index contributed by atoms with van der Waals surface area (Å²) in [6.45, 7) is 5.45. The molecule has 0 aliphatic carbocycles. The molecule has 6 N–H and O–H groups in total. The molecule has 10 heteroatoms. The minimum absolute atomic E-state index is 0.139. The molecule has 33 heavy (non-hydrogen) atoms. The van der Waals surface area contributed by atoms with Crippen molar-refractivity contribution in [1.29, 1.82) is 0 Å². The second-order valence-electron chi connectivity index (χ2n) is 8.84. The second kappa shape index (κ2) is 9.50. The van der Waals surface area contributed by atoms with E-state index >= 15 is 0 Å². The minimum atomic E-state index is -0.930. The van der Waals surface area contributed by atoms with Gasteiger partial charge in [0.05, 0.1) is 23.6 Å². The first-order chi connectivity index (χ1) is 15.5. The van der Waals surface area contributed by atoms with Gasteiger partial charge in [-0.2, -0.15) is 5.10 Å². The Kier molecular flexibility index (Phi) is 6.92. The van der Waals surface area contributed by atoms with E-state index in [0.717, 1.165) is 5.56 Å². The van der Waals surface area contributed by atoms with Crippen LogP contribution >= 0.6 is 11.6 Å². The predicted molar refractivity (Wildman–Crippen MR) is 128 cm³/mol. The molecule has 3 aromatic rings. The number of nitrogens with zero attached hydrogens (tertiary/aromatic N) is 2. The number of fused-ring (bicyclic) bond motifs is 1. The topological polar surface area (TPSA) is 145 Å². The van der Waals surface area contributed by atoms with Crippen LogP contribution in [0.25, 0.3) is 10.9 Å². The van der Waals surface area contributed by atoms with Crippen LogP contribution in [0, 0.1) is 5.41 Å². The van der Waals surface area contributed by atoms with Gasteiger partial charge in [-0.05, 0) is 29.2 Å². The zero-order chi connectivity index (χ0) is 24.3. The van der Waals surface area contributed by atoms with Crippen molar-refractivity contribution < 1.29 is 14.4 Å². The molecule has 0 bridgehead atoms. The maximum atomic E-state index is 13.3. The number of hydrogen-bond acceptors (Lipinski definition) is 5. The van der Waals surface area contributed by atoms with Gasteiger partial charge in [-0.3, -0.25) is 19.1 Å². The fraction of sp³-hybridized carbons (Fsp3) is 0.304. The second-order valence-corrected chi connectivity index (χ2v) is 9.25. The van der Waals surface area contributed by atoms with Crippen LogP contribution in [-0.4, -0.2) is 40.1 Å². The molecule has 0 spiro atoms. The van der Waals surface area contributed by atoms with Crippen LogP contribution in [-0.2, 0) is 16.1 Å². The summed E-state index contributed by atoms with van der Waals surface area (Å²) in [4.78, 5) is 37.0. The first kappa shape index (κ1) is 24.1. The molecule has 3 rings (SSSR count). The quantitative estimate of drug-likeness (QED) is 0.390. The van der Waals surface area contributed by atoms with Crippen LogP contribution in [0.2, 0.25) is 5.02 Å². The van der Waals surface area contributed by atoms with Crippen LogP contribution in [0.1, 0.15) is 36.8 Å². The number of nitrogens with two attached hydrogens (primary N) is 2. The van der Waals surface area contributed by atoms with E-state index in [1.165, 1.54) is 0 Å². The summed E-state index contributed by atoms with van der Waals surface area (Å²) < 4.78 is 1.65. The molecule has 0 radical (unpaired) electrons. The molecule has 3 amide bonds. The van der Waals surface area contributed by atoms with Crippen molar-refractivity contribution in [3.8, 4) is 0 Å². The van der Waals surface area contributed by atoms with Crippen LogP contribution in [0.15, 0.2) is 42.5 Å². The van der Waals surface area contributed by atoms with Crippen molar-refractivity contribution in [2.45, 2.75) is 33.4 Å². The van der Waals surface area contributed by atoms with E-state index in [2.05, 4.69) is 15.7 Å². The maximum absolute atomic E-state index is 13.3. The summed E-state index contributed by atoms with van der Waals surface area (Å²) in [7, 11) is 0.